The molecule has 1 heterocycles. The number of fused-ring (bicyclic) bond motifs is 3. The Labute approximate surface area is 165 Å². The molecule has 8 heteroatoms. The van der Waals surface area contributed by atoms with Gasteiger partial charge in [-0.25, -0.2) is 0 Å². The number of hydrogen-bond acceptors (Lipinski definition) is 4. The number of nitrogens with zero attached hydrogens (tertiary/aromatic N) is 3. The molecule has 0 bridgehead atoms. The van der Waals surface area contributed by atoms with Crippen molar-refractivity contribution in [1.29, 1.82) is 0 Å². The third kappa shape index (κ3) is 3.83. The van der Waals surface area contributed by atoms with Crippen LogP contribution in [0.25, 0.3) is 22.5 Å². The van der Waals surface area contributed by atoms with E-state index in [9.17, 15) is 13.2 Å². The van der Waals surface area contributed by atoms with Crippen LogP contribution in [0.5, 0.6) is 5.75 Å². The third-order valence-electron chi connectivity index (χ3n) is 4.88. The van der Waals surface area contributed by atoms with Gasteiger partial charge in [-0.3, -0.25) is 4.68 Å². The van der Waals surface area contributed by atoms with E-state index in [0.29, 0.717) is 0 Å². The highest BCUT2D eigenvalue weighted by molar-refractivity contribution is 5.84. The Morgan fingerprint density at radius 1 is 1.14 bits per heavy atom. The van der Waals surface area contributed by atoms with Crippen LogP contribution in [0, 0.1) is 0 Å². The van der Waals surface area contributed by atoms with Gasteiger partial charge in [0, 0.05) is 30.8 Å². The van der Waals surface area contributed by atoms with E-state index < -0.39 is 6.36 Å². The molecule has 0 unspecified atom stereocenters. The van der Waals surface area contributed by atoms with E-state index >= 15 is 0 Å². The van der Waals surface area contributed by atoms with Crippen LogP contribution >= 0.6 is 0 Å². The Kier molecular flexibility index (Phi) is 4.77. The maximum absolute atomic E-state index is 12.4. The molecule has 0 fully saturated rings. The van der Waals surface area contributed by atoms with Crippen LogP contribution in [0.3, 0.4) is 0 Å². The number of aryl methyl sites for hydroxylation is 2. The molecule has 150 valence electrons. The zero-order chi connectivity index (χ0) is 20.6. The third-order valence-corrected chi connectivity index (χ3v) is 4.88. The molecule has 0 aliphatic heterocycles. The summed E-state index contributed by atoms with van der Waals surface area (Å²) in [6.45, 7) is 0. The molecular formula is C21H19F3N4O. The quantitative estimate of drug-likeness (QED) is 0.525. The predicted molar refractivity (Wildman–Crippen MR) is 105 cm³/mol. The van der Waals surface area contributed by atoms with E-state index in [-0.39, 0.29) is 5.75 Å². The Hall–Kier alpha value is -3.29. The van der Waals surface area contributed by atoms with Crippen molar-refractivity contribution in [2.45, 2.75) is 19.2 Å². The normalized spacial score (nSPS) is 13.3. The van der Waals surface area contributed by atoms with Gasteiger partial charge in [0.15, 0.2) is 0 Å². The lowest BCUT2D eigenvalue weighted by Crippen LogP contribution is -2.16. The van der Waals surface area contributed by atoms with Gasteiger partial charge in [-0.1, -0.05) is 12.1 Å². The average molecular weight is 400 g/mol. The fraction of sp³-hybridized carbons (Fsp3) is 0.238. The minimum absolute atomic E-state index is 0.238. The summed E-state index contributed by atoms with van der Waals surface area (Å²) in [5.74, 6) is -0.238. The molecule has 0 spiro atoms. The van der Waals surface area contributed by atoms with E-state index in [0.717, 1.165) is 46.5 Å². The van der Waals surface area contributed by atoms with Crippen molar-refractivity contribution in [3.63, 3.8) is 0 Å². The highest BCUT2D eigenvalue weighted by atomic mass is 19.4. The summed E-state index contributed by atoms with van der Waals surface area (Å²) < 4.78 is 42.9. The molecule has 1 aliphatic carbocycles. The number of alkyl halides is 3. The molecule has 0 amide bonds. The monoisotopic (exact) mass is 400 g/mol. The van der Waals surface area contributed by atoms with Crippen molar-refractivity contribution in [3.8, 4) is 28.3 Å². The molecule has 2 aromatic carbocycles. The molecule has 0 radical (unpaired) electrons. The second kappa shape index (κ2) is 7.27. The number of nitrogens with one attached hydrogen (secondary N) is 1. The first kappa shape index (κ1) is 19.0. The van der Waals surface area contributed by atoms with E-state index in [1.165, 1.54) is 17.7 Å². The van der Waals surface area contributed by atoms with Crippen LogP contribution in [0.4, 0.5) is 13.2 Å². The first-order valence-electron chi connectivity index (χ1n) is 9.11. The van der Waals surface area contributed by atoms with Gasteiger partial charge in [0.2, 0.25) is 0 Å². The van der Waals surface area contributed by atoms with Gasteiger partial charge >= 0.3 is 6.36 Å². The van der Waals surface area contributed by atoms with Gasteiger partial charge in [0.25, 0.3) is 0 Å². The number of aromatic nitrogens is 2. The highest BCUT2D eigenvalue weighted by Crippen LogP contribution is 2.39. The van der Waals surface area contributed by atoms with Crippen molar-refractivity contribution in [2.24, 2.45) is 12.1 Å². The second-order valence-corrected chi connectivity index (χ2v) is 6.77. The van der Waals surface area contributed by atoms with Crippen LogP contribution in [-0.2, 0) is 19.9 Å². The van der Waals surface area contributed by atoms with Gasteiger partial charge in [0.1, 0.15) is 5.75 Å². The Balaban J connectivity index is 1.70. The van der Waals surface area contributed by atoms with E-state index in [1.54, 1.807) is 30.1 Å². The van der Waals surface area contributed by atoms with Crippen molar-refractivity contribution in [1.82, 2.24) is 15.2 Å². The molecule has 5 nitrogen and oxygen atoms in total. The molecular weight excluding hydrogens is 381 g/mol. The van der Waals surface area contributed by atoms with E-state index in [1.807, 2.05) is 19.2 Å². The molecule has 29 heavy (non-hydrogen) atoms. The second-order valence-electron chi connectivity index (χ2n) is 6.77. The zero-order valence-corrected chi connectivity index (χ0v) is 15.9. The van der Waals surface area contributed by atoms with Crippen LogP contribution in [0.15, 0.2) is 47.6 Å². The van der Waals surface area contributed by atoms with Crippen LogP contribution < -0.4 is 10.2 Å². The largest absolute Gasteiger partial charge is 0.573 e. The molecule has 0 saturated carbocycles. The summed E-state index contributed by atoms with van der Waals surface area (Å²) in [5.41, 5.74) is 9.75. The number of halogens is 3. The maximum atomic E-state index is 12.4. The number of hydrogen-bond donors (Lipinski definition) is 1. The molecule has 4 rings (SSSR count). The SMILES string of the molecule is CN/N=C/c1ccc2c(c1)CCc1c-2nn(C)c1-c1ccc(OC(F)(F)F)cc1. The number of benzene rings is 2. The minimum atomic E-state index is -4.70. The van der Waals surface area contributed by atoms with Gasteiger partial charge in [0.05, 0.1) is 17.6 Å². The number of ether oxygens (including phenoxy) is 1. The lowest BCUT2D eigenvalue weighted by atomic mass is 9.87. The smallest absolute Gasteiger partial charge is 0.406 e. The van der Waals surface area contributed by atoms with Crippen molar-refractivity contribution in [3.05, 3.63) is 59.2 Å². The summed E-state index contributed by atoms with van der Waals surface area (Å²) >= 11 is 0. The Morgan fingerprint density at radius 2 is 1.90 bits per heavy atom. The molecule has 1 N–H and O–H groups in total. The summed E-state index contributed by atoms with van der Waals surface area (Å²) in [4.78, 5) is 0. The predicted octanol–water partition coefficient (Wildman–Crippen LogP) is 4.30. The molecule has 1 aromatic heterocycles. The summed E-state index contributed by atoms with van der Waals surface area (Å²) in [6, 6.07) is 12.1. The molecule has 0 atom stereocenters. The first-order chi connectivity index (χ1) is 13.9. The Morgan fingerprint density at radius 3 is 2.59 bits per heavy atom. The molecule has 3 aromatic rings. The highest BCUT2D eigenvalue weighted by Gasteiger charge is 2.31. The number of hydrazone groups is 1. The minimum Gasteiger partial charge on any atom is -0.406 e. The number of rotatable bonds is 4. The van der Waals surface area contributed by atoms with Gasteiger partial charge < -0.3 is 10.2 Å². The van der Waals surface area contributed by atoms with Crippen LogP contribution in [0.2, 0.25) is 0 Å². The molecule has 0 saturated heterocycles. The van der Waals surface area contributed by atoms with Crippen molar-refractivity contribution >= 4 is 6.21 Å². The van der Waals surface area contributed by atoms with Gasteiger partial charge in [-0.15, -0.1) is 13.2 Å². The summed E-state index contributed by atoms with van der Waals surface area (Å²) in [5, 5.41) is 8.75. The fourth-order valence-electron chi connectivity index (χ4n) is 3.73. The first-order valence-corrected chi connectivity index (χ1v) is 9.11. The molecule has 1 aliphatic rings. The zero-order valence-electron chi connectivity index (χ0n) is 15.9. The topological polar surface area (TPSA) is 51.4 Å². The summed E-state index contributed by atoms with van der Waals surface area (Å²) in [6.07, 6.45) is -1.27. The van der Waals surface area contributed by atoms with Gasteiger partial charge in [-0.2, -0.15) is 10.2 Å². The maximum Gasteiger partial charge on any atom is 0.573 e. The lowest BCUT2D eigenvalue weighted by Gasteiger charge is -2.17. The Bertz CT molecular complexity index is 1070. The van der Waals surface area contributed by atoms with Crippen LogP contribution in [0.1, 0.15) is 16.7 Å². The fourth-order valence-corrected chi connectivity index (χ4v) is 3.73. The van der Waals surface area contributed by atoms with Crippen LogP contribution in [-0.4, -0.2) is 29.4 Å². The standard InChI is InChI=1S/C21H19F3N4O/c1-25-26-12-13-3-9-17-15(11-13)6-10-18-19(17)27-28(2)20(18)14-4-7-16(8-5-14)29-21(22,23)24/h3-5,7-9,11-12,25H,6,10H2,1-2H3/b26-12+. The van der Waals surface area contributed by atoms with Crippen molar-refractivity contribution < 1.29 is 17.9 Å². The van der Waals surface area contributed by atoms with Gasteiger partial charge in [-0.05, 0) is 54.3 Å². The van der Waals surface area contributed by atoms with E-state index in [4.69, 9.17) is 5.10 Å². The summed E-state index contributed by atoms with van der Waals surface area (Å²) in [7, 11) is 3.60. The lowest BCUT2D eigenvalue weighted by molar-refractivity contribution is -0.274. The average Bonchev–Trinajstić information content (AvgIpc) is 3.02. The van der Waals surface area contributed by atoms with Crippen molar-refractivity contribution in [2.75, 3.05) is 7.05 Å². The van der Waals surface area contributed by atoms with E-state index in [2.05, 4.69) is 21.3 Å².